The molecule has 0 unspecified atom stereocenters. The number of rotatable bonds is 8. The molecule has 1 rings (SSSR count). The van der Waals surface area contributed by atoms with Crippen LogP contribution in [0.2, 0.25) is 0 Å². The summed E-state index contributed by atoms with van der Waals surface area (Å²) >= 11 is 3.06. The molecule has 0 saturated heterocycles. The third-order valence-electron chi connectivity index (χ3n) is 2.37. The molecular formula is C13H16BrNO5S. The van der Waals surface area contributed by atoms with E-state index in [1.807, 2.05) is 0 Å². The Kier molecular flexibility index (Phi) is 6.53. The Balaban J connectivity index is 2.72. The lowest BCUT2D eigenvalue weighted by atomic mass is 10.2. The fraction of sp³-hybridized carbons (Fsp3) is 0.308. The molecule has 0 fully saturated rings. The maximum Gasteiger partial charge on any atom is 0.336 e. The number of ether oxygens (including phenoxy) is 1. The van der Waals surface area contributed by atoms with Crippen LogP contribution < -0.4 is 4.72 Å². The Morgan fingerprint density at radius 2 is 2.14 bits per heavy atom. The second kappa shape index (κ2) is 7.69. The summed E-state index contributed by atoms with van der Waals surface area (Å²) in [5, 5.41) is 8.98. The summed E-state index contributed by atoms with van der Waals surface area (Å²) in [6, 6.07) is 3.81. The minimum atomic E-state index is -3.77. The molecule has 0 aromatic heterocycles. The largest absolute Gasteiger partial charge is 0.478 e. The molecule has 6 nitrogen and oxygen atoms in total. The molecule has 0 aliphatic rings. The van der Waals surface area contributed by atoms with Crippen LogP contribution in [-0.4, -0.2) is 39.3 Å². The Labute approximate surface area is 132 Å². The van der Waals surface area contributed by atoms with Gasteiger partial charge < -0.3 is 9.84 Å². The molecule has 0 atom stereocenters. The van der Waals surface area contributed by atoms with Crippen LogP contribution in [0, 0.1) is 0 Å². The van der Waals surface area contributed by atoms with E-state index < -0.39 is 16.0 Å². The molecule has 1 aromatic rings. The standard InChI is InChI=1S/C13H16BrNO5S/c1-9(2)8-20-6-5-15-21(18,19)10-3-4-12(14)11(7-10)13(16)17/h3-4,7,15H,1,5-6,8H2,2H3,(H,16,17). The number of hydrogen-bond acceptors (Lipinski definition) is 4. The van der Waals surface area contributed by atoms with Gasteiger partial charge in [-0.15, -0.1) is 0 Å². The summed E-state index contributed by atoms with van der Waals surface area (Å²) < 4.78 is 31.9. The minimum absolute atomic E-state index is 0.0914. The van der Waals surface area contributed by atoms with Crippen LogP contribution in [0.4, 0.5) is 0 Å². The van der Waals surface area contributed by atoms with Crippen molar-refractivity contribution in [1.82, 2.24) is 4.72 Å². The van der Waals surface area contributed by atoms with Crippen molar-refractivity contribution in [3.8, 4) is 0 Å². The van der Waals surface area contributed by atoms with Gasteiger partial charge in [-0.25, -0.2) is 17.9 Å². The Hall–Kier alpha value is -1.22. The van der Waals surface area contributed by atoms with E-state index in [0.717, 1.165) is 11.6 Å². The van der Waals surface area contributed by atoms with E-state index in [1.165, 1.54) is 12.1 Å². The predicted octanol–water partition coefficient (Wildman–Crippen LogP) is 2.02. The average molecular weight is 378 g/mol. The van der Waals surface area contributed by atoms with Crippen molar-refractivity contribution in [2.45, 2.75) is 11.8 Å². The van der Waals surface area contributed by atoms with Gasteiger partial charge >= 0.3 is 5.97 Å². The number of halogens is 1. The molecule has 0 saturated carbocycles. The van der Waals surface area contributed by atoms with Gasteiger partial charge in [-0.3, -0.25) is 0 Å². The molecule has 0 aliphatic heterocycles. The second-order valence-electron chi connectivity index (χ2n) is 4.35. The van der Waals surface area contributed by atoms with Gasteiger partial charge in [0.2, 0.25) is 10.0 Å². The number of carboxylic acid groups (broad SMARTS) is 1. The molecule has 2 N–H and O–H groups in total. The summed E-state index contributed by atoms with van der Waals surface area (Å²) in [6.45, 7) is 6.12. The van der Waals surface area contributed by atoms with Crippen molar-refractivity contribution in [1.29, 1.82) is 0 Å². The first kappa shape index (κ1) is 17.8. The maximum absolute atomic E-state index is 12.0. The monoisotopic (exact) mass is 377 g/mol. The van der Waals surface area contributed by atoms with Crippen LogP contribution in [0.5, 0.6) is 0 Å². The van der Waals surface area contributed by atoms with Crippen molar-refractivity contribution >= 4 is 31.9 Å². The topological polar surface area (TPSA) is 92.7 Å². The zero-order chi connectivity index (χ0) is 16.0. The molecule has 8 heteroatoms. The highest BCUT2D eigenvalue weighted by Gasteiger charge is 2.17. The van der Waals surface area contributed by atoms with E-state index in [1.54, 1.807) is 6.92 Å². The van der Waals surface area contributed by atoms with E-state index in [2.05, 4.69) is 27.2 Å². The summed E-state index contributed by atoms with van der Waals surface area (Å²) in [6.07, 6.45) is 0. The maximum atomic E-state index is 12.0. The van der Waals surface area contributed by atoms with Gasteiger partial charge in [-0.2, -0.15) is 0 Å². The molecule has 0 amide bonds. The fourth-order valence-corrected chi connectivity index (χ4v) is 2.87. The number of benzene rings is 1. The average Bonchev–Trinajstić information content (AvgIpc) is 2.37. The van der Waals surface area contributed by atoms with Gasteiger partial charge in [0.05, 0.1) is 23.7 Å². The first-order valence-corrected chi connectivity index (χ1v) is 8.26. The van der Waals surface area contributed by atoms with Crippen LogP contribution in [-0.2, 0) is 14.8 Å². The van der Waals surface area contributed by atoms with Crippen LogP contribution in [0.1, 0.15) is 17.3 Å². The quantitative estimate of drug-likeness (QED) is 0.533. The third-order valence-corrected chi connectivity index (χ3v) is 4.52. The Morgan fingerprint density at radius 1 is 1.48 bits per heavy atom. The van der Waals surface area contributed by atoms with Gasteiger partial charge in [0.25, 0.3) is 0 Å². The zero-order valence-corrected chi connectivity index (χ0v) is 13.8. The molecule has 116 valence electrons. The number of carboxylic acids is 1. The Bertz CT molecular complexity index is 642. The predicted molar refractivity (Wildman–Crippen MR) is 81.9 cm³/mol. The molecule has 21 heavy (non-hydrogen) atoms. The summed E-state index contributed by atoms with van der Waals surface area (Å²) in [4.78, 5) is 10.9. The van der Waals surface area contributed by atoms with Crippen molar-refractivity contribution < 1.29 is 23.1 Å². The van der Waals surface area contributed by atoms with E-state index >= 15 is 0 Å². The summed E-state index contributed by atoms with van der Waals surface area (Å²) in [7, 11) is -3.77. The molecule has 0 aliphatic carbocycles. The van der Waals surface area contributed by atoms with Crippen molar-refractivity contribution in [3.05, 3.63) is 40.4 Å². The Morgan fingerprint density at radius 3 is 2.71 bits per heavy atom. The van der Waals surface area contributed by atoms with Gasteiger partial charge in [0.15, 0.2) is 0 Å². The van der Waals surface area contributed by atoms with E-state index in [9.17, 15) is 13.2 Å². The van der Waals surface area contributed by atoms with E-state index in [4.69, 9.17) is 9.84 Å². The molecule has 0 radical (unpaired) electrons. The SMILES string of the molecule is C=C(C)COCCNS(=O)(=O)c1ccc(Br)c(C(=O)O)c1. The fourth-order valence-electron chi connectivity index (χ4n) is 1.41. The van der Waals surface area contributed by atoms with Crippen molar-refractivity contribution in [2.75, 3.05) is 19.8 Å². The van der Waals surface area contributed by atoms with Gasteiger partial charge in [-0.05, 0) is 41.1 Å². The van der Waals surface area contributed by atoms with Gasteiger partial charge in [-0.1, -0.05) is 12.2 Å². The normalized spacial score (nSPS) is 11.3. The highest BCUT2D eigenvalue weighted by Crippen LogP contribution is 2.20. The smallest absolute Gasteiger partial charge is 0.336 e. The lowest BCUT2D eigenvalue weighted by Crippen LogP contribution is -2.27. The molecule has 0 bridgehead atoms. The van der Waals surface area contributed by atoms with Crippen LogP contribution in [0.3, 0.4) is 0 Å². The summed E-state index contributed by atoms with van der Waals surface area (Å²) in [5.41, 5.74) is 0.730. The minimum Gasteiger partial charge on any atom is -0.478 e. The van der Waals surface area contributed by atoms with Crippen LogP contribution in [0.15, 0.2) is 39.7 Å². The second-order valence-corrected chi connectivity index (χ2v) is 6.98. The highest BCUT2D eigenvalue weighted by molar-refractivity contribution is 9.10. The first-order valence-electron chi connectivity index (χ1n) is 5.98. The molecule has 0 spiro atoms. The number of sulfonamides is 1. The lowest BCUT2D eigenvalue weighted by molar-refractivity contribution is 0.0695. The van der Waals surface area contributed by atoms with E-state index in [-0.39, 0.29) is 23.6 Å². The highest BCUT2D eigenvalue weighted by atomic mass is 79.9. The number of hydrogen-bond donors (Lipinski definition) is 2. The van der Waals surface area contributed by atoms with Crippen molar-refractivity contribution in [3.63, 3.8) is 0 Å². The molecule has 1 aromatic carbocycles. The zero-order valence-electron chi connectivity index (χ0n) is 11.4. The lowest BCUT2D eigenvalue weighted by Gasteiger charge is -2.09. The van der Waals surface area contributed by atoms with E-state index in [0.29, 0.717) is 11.1 Å². The number of aromatic carboxylic acids is 1. The first-order chi connectivity index (χ1) is 9.74. The van der Waals surface area contributed by atoms with Gasteiger partial charge in [0, 0.05) is 11.0 Å². The van der Waals surface area contributed by atoms with Crippen LogP contribution in [0.25, 0.3) is 0 Å². The summed E-state index contributed by atoms with van der Waals surface area (Å²) in [5.74, 6) is -1.20. The molecule has 0 heterocycles. The number of carbonyl (C=O) groups is 1. The third kappa shape index (κ3) is 5.58. The van der Waals surface area contributed by atoms with Gasteiger partial charge in [0.1, 0.15) is 0 Å². The molecular weight excluding hydrogens is 362 g/mol. The van der Waals surface area contributed by atoms with Crippen LogP contribution >= 0.6 is 15.9 Å². The number of nitrogens with one attached hydrogen (secondary N) is 1. The van der Waals surface area contributed by atoms with Crippen molar-refractivity contribution in [2.24, 2.45) is 0 Å².